The van der Waals surface area contributed by atoms with Gasteiger partial charge in [0.05, 0.1) is 0 Å². The van der Waals surface area contributed by atoms with Crippen molar-refractivity contribution in [3.8, 4) is 0 Å². The van der Waals surface area contributed by atoms with E-state index >= 15 is 0 Å². The number of benzene rings is 1. The second-order valence-corrected chi connectivity index (χ2v) is 5.25. The molecule has 1 unspecified atom stereocenters. The molecule has 1 atom stereocenters. The molecule has 0 aliphatic rings. The van der Waals surface area contributed by atoms with E-state index in [1.54, 1.807) is 0 Å². The Labute approximate surface area is 102 Å². The van der Waals surface area contributed by atoms with Crippen molar-refractivity contribution < 1.29 is 9.53 Å². The average Bonchev–Trinajstić information content (AvgIpc) is 2.14. The largest absolute Gasteiger partial charge is 0.459 e. The van der Waals surface area contributed by atoms with Crippen LogP contribution in [0.2, 0.25) is 0 Å². The van der Waals surface area contributed by atoms with E-state index in [0.717, 1.165) is 11.1 Å². The zero-order valence-electron chi connectivity index (χ0n) is 10.1. The van der Waals surface area contributed by atoms with Crippen molar-refractivity contribution in [3.05, 3.63) is 35.4 Å². The lowest BCUT2D eigenvalue weighted by Crippen LogP contribution is -2.26. The van der Waals surface area contributed by atoms with Gasteiger partial charge in [-0.2, -0.15) is 0 Å². The number of hydrogen-bond acceptors (Lipinski definition) is 2. The monoisotopic (exact) mass is 240 g/mol. The highest BCUT2D eigenvalue weighted by atomic mass is 35.5. The van der Waals surface area contributed by atoms with Crippen LogP contribution in [0.5, 0.6) is 0 Å². The summed E-state index contributed by atoms with van der Waals surface area (Å²) >= 11 is 6.06. The molecule has 1 aromatic rings. The highest BCUT2D eigenvalue weighted by molar-refractivity contribution is 6.30. The quantitative estimate of drug-likeness (QED) is 0.583. The first-order valence-corrected chi connectivity index (χ1v) is 5.67. The van der Waals surface area contributed by atoms with Crippen LogP contribution in [-0.2, 0) is 9.53 Å². The first kappa shape index (κ1) is 13.0. The Kier molecular flexibility index (Phi) is 3.98. The molecule has 1 aromatic carbocycles. The number of esters is 1. The molecule has 0 saturated carbocycles. The lowest BCUT2D eigenvalue weighted by molar-refractivity contribution is -0.154. The second kappa shape index (κ2) is 4.88. The molecule has 0 aliphatic carbocycles. The Morgan fingerprint density at radius 3 is 2.50 bits per heavy atom. The van der Waals surface area contributed by atoms with E-state index in [4.69, 9.17) is 16.3 Å². The maximum atomic E-state index is 11.7. The van der Waals surface area contributed by atoms with Gasteiger partial charge in [-0.05, 0) is 33.3 Å². The zero-order chi connectivity index (χ0) is 12.3. The predicted molar refractivity (Wildman–Crippen MR) is 65.6 cm³/mol. The van der Waals surface area contributed by atoms with Gasteiger partial charge in [-0.3, -0.25) is 4.79 Å². The molecule has 0 N–H and O–H groups in total. The van der Waals surface area contributed by atoms with Gasteiger partial charge in [0.15, 0.2) is 5.38 Å². The highest BCUT2D eigenvalue weighted by Crippen LogP contribution is 2.24. The first-order chi connectivity index (χ1) is 7.29. The molecule has 0 aromatic heterocycles. The topological polar surface area (TPSA) is 26.3 Å². The van der Waals surface area contributed by atoms with Gasteiger partial charge in [-0.15, -0.1) is 11.6 Å². The van der Waals surface area contributed by atoms with Crippen molar-refractivity contribution in [2.45, 2.75) is 38.7 Å². The Balaban J connectivity index is 2.78. The van der Waals surface area contributed by atoms with Crippen LogP contribution in [-0.4, -0.2) is 11.6 Å². The summed E-state index contributed by atoms with van der Waals surface area (Å²) in [6.07, 6.45) is 0. The summed E-state index contributed by atoms with van der Waals surface area (Å²) < 4.78 is 5.22. The van der Waals surface area contributed by atoms with Crippen LogP contribution in [0, 0.1) is 6.92 Å². The van der Waals surface area contributed by atoms with Gasteiger partial charge in [-0.1, -0.05) is 29.8 Å². The summed E-state index contributed by atoms with van der Waals surface area (Å²) in [6.45, 7) is 7.43. The lowest BCUT2D eigenvalue weighted by Gasteiger charge is -2.21. The Hall–Kier alpha value is -1.02. The zero-order valence-corrected chi connectivity index (χ0v) is 10.8. The van der Waals surface area contributed by atoms with Crippen LogP contribution >= 0.6 is 11.6 Å². The molecule has 0 fully saturated rings. The van der Waals surface area contributed by atoms with Gasteiger partial charge in [0.25, 0.3) is 0 Å². The van der Waals surface area contributed by atoms with Gasteiger partial charge in [0.2, 0.25) is 0 Å². The van der Waals surface area contributed by atoms with Gasteiger partial charge in [0.1, 0.15) is 5.60 Å². The summed E-state index contributed by atoms with van der Waals surface area (Å²) in [5, 5.41) is -0.737. The predicted octanol–water partition coefficient (Wildman–Crippen LogP) is 3.62. The fourth-order valence-corrected chi connectivity index (χ4v) is 1.50. The number of rotatable bonds is 2. The molecule has 0 amide bonds. The number of carbonyl (C=O) groups is 1. The number of aryl methyl sites for hydroxylation is 1. The number of alkyl halides is 1. The number of ether oxygens (including phenoxy) is 1. The van der Waals surface area contributed by atoms with Crippen LogP contribution in [0.25, 0.3) is 0 Å². The fourth-order valence-electron chi connectivity index (χ4n) is 1.32. The summed E-state index contributed by atoms with van der Waals surface area (Å²) in [4.78, 5) is 11.7. The van der Waals surface area contributed by atoms with Gasteiger partial charge >= 0.3 is 5.97 Å². The smallest absolute Gasteiger partial charge is 0.329 e. The minimum atomic E-state index is -0.737. The molecule has 0 heterocycles. The van der Waals surface area contributed by atoms with Gasteiger partial charge in [-0.25, -0.2) is 0 Å². The molecule has 0 saturated heterocycles. The van der Waals surface area contributed by atoms with E-state index in [2.05, 4.69) is 0 Å². The molecule has 0 aliphatic heterocycles. The Morgan fingerprint density at radius 2 is 2.00 bits per heavy atom. The van der Waals surface area contributed by atoms with Crippen molar-refractivity contribution >= 4 is 17.6 Å². The third kappa shape index (κ3) is 3.86. The maximum Gasteiger partial charge on any atom is 0.329 e. The average molecular weight is 241 g/mol. The van der Waals surface area contributed by atoms with Gasteiger partial charge in [0, 0.05) is 0 Å². The fraction of sp³-hybridized carbons (Fsp3) is 0.462. The SMILES string of the molecule is Cc1cccc(C(Cl)C(=O)OC(C)(C)C)c1. The van der Waals surface area contributed by atoms with Crippen molar-refractivity contribution in [1.82, 2.24) is 0 Å². The van der Waals surface area contributed by atoms with Crippen molar-refractivity contribution in [1.29, 1.82) is 0 Å². The van der Waals surface area contributed by atoms with Crippen LogP contribution in [0.1, 0.15) is 37.3 Å². The van der Waals surface area contributed by atoms with Crippen LogP contribution < -0.4 is 0 Å². The van der Waals surface area contributed by atoms with Crippen molar-refractivity contribution in [3.63, 3.8) is 0 Å². The van der Waals surface area contributed by atoms with Crippen LogP contribution in [0.4, 0.5) is 0 Å². The Bertz CT molecular complexity index is 380. The molecule has 3 heteroatoms. The second-order valence-electron chi connectivity index (χ2n) is 4.81. The van der Waals surface area contributed by atoms with E-state index in [-0.39, 0.29) is 0 Å². The normalized spacial score (nSPS) is 13.3. The van der Waals surface area contributed by atoms with Crippen LogP contribution in [0.15, 0.2) is 24.3 Å². The van der Waals surface area contributed by atoms with Crippen molar-refractivity contribution in [2.75, 3.05) is 0 Å². The molecule has 1 rings (SSSR count). The standard InChI is InChI=1S/C13H17ClO2/c1-9-6-5-7-10(8-9)11(14)12(15)16-13(2,3)4/h5-8,11H,1-4H3. The van der Waals surface area contributed by atoms with E-state index < -0.39 is 16.9 Å². The first-order valence-electron chi connectivity index (χ1n) is 5.23. The third-order valence-electron chi connectivity index (χ3n) is 1.95. The Morgan fingerprint density at radius 1 is 1.38 bits per heavy atom. The summed E-state index contributed by atoms with van der Waals surface area (Å²) in [5.41, 5.74) is 1.34. The molecule has 2 nitrogen and oxygen atoms in total. The maximum absolute atomic E-state index is 11.7. The van der Waals surface area contributed by atoms with Crippen LogP contribution in [0.3, 0.4) is 0 Å². The summed E-state index contributed by atoms with van der Waals surface area (Å²) in [6, 6.07) is 7.56. The minimum Gasteiger partial charge on any atom is -0.459 e. The molecule has 0 bridgehead atoms. The molecule has 0 spiro atoms. The molecule has 16 heavy (non-hydrogen) atoms. The molecular formula is C13H17ClO2. The summed E-state index contributed by atoms with van der Waals surface area (Å²) in [5.74, 6) is -0.403. The summed E-state index contributed by atoms with van der Waals surface area (Å²) in [7, 11) is 0. The number of hydrogen-bond donors (Lipinski definition) is 0. The molecule has 0 radical (unpaired) electrons. The molecule has 88 valence electrons. The van der Waals surface area contributed by atoms with E-state index in [9.17, 15) is 4.79 Å². The minimum absolute atomic E-state index is 0.403. The van der Waals surface area contributed by atoms with E-state index in [1.807, 2.05) is 52.0 Å². The van der Waals surface area contributed by atoms with Gasteiger partial charge < -0.3 is 4.74 Å². The third-order valence-corrected chi connectivity index (χ3v) is 2.38. The lowest BCUT2D eigenvalue weighted by atomic mass is 10.1. The van der Waals surface area contributed by atoms with E-state index in [0.29, 0.717) is 0 Å². The van der Waals surface area contributed by atoms with E-state index in [1.165, 1.54) is 0 Å². The number of carbonyl (C=O) groups excluding carboxylic acids is 1. The highest BCUT2D eigenvalue weighted by Gasteiger charge is 2.24. The molecular weight excluding hydrogens is 224 g/mol. The van der Waals surface area contributed by atoms with Crippen molar-refractivity contribution in [2.24, 2.45) is 0 Å². The number of halogens is 1.